The molecule has 6 heteroatoms. The Bertz CT molecular complexity index is 1140. The van der Waals surface area contributed by atoms with Crippen molar-refractivity contribution in [3.63, 3.8) is 0 Å². The molecule has 0 spiro atoms. The number of hydrogen-bond donors (Lipinski definition) is 0. The topological polar surface area (TPSA) is 51.8 Å². The fourth-order valence-electron chi connectivity index (χ4n) is 2.94. The van der Waals surface area contributed by atoms with Gasteiger partial charge in [-0.3, -0.25) is 0 Å². The Morgan fingerprint density at radius 3 is 2.48 bits per heavy atom. The van der Waals surface area contributed by atoms with Gasteiger partial charge in [0.2, 0.25) is 5.90 Å². The smallest absolute Gasteiger partial charge is 0.363 e. The van der Waals surface area contributed by atoms with Crippen LogP contribution < -0.4 is 0 Å². The lowest BCUT2D eigenvalue weighted by atomic mass is 10.0. The number of benzene rings is 2. The van der Waals surface area contributed by atoms with E-state index in [1.54, 1.807) is 36.4 Å². The number of carbonyl (C=O) groups excluding carboxylic acids is 1. The first-order valence-electron chi connectivity index (χ1n) is 9.09. The largest absolute Gasteiger partial charge is 0.457 e. The van der Waals surface area contributed by atoms with E-state index >= 15 is 0 Å². The molecule has 2 aromatic carbocycles. The second-order valence-corrected chi connectivity index (χ2v) is 7.78. The molecule has 0 amide bonds. The van der Waals surface area contributed by atoms with E-state index in [4.69, 9.17) is 32.4 Å². The molecule has 2 heterocycles. The SMILES string of the molecule is CC(C)c1ccc(C2=N/C(=C/c3ccc(-c4cc(Cl)ccc4Cl)o3)C(=O)O2)cc1. The number of cyclic esters (lactones) is 1. The molecule has 0 aliphatic carbocycles. The maximum atomic E-state index is 12.2. The molecule has 0 radical (unpaired) electrons. The number of aliphatic imine (C=N–C) groups is 1. The molecule has 0 saturated carbocycles. The van der Waals surface area contributed by atoms with Crippen LogP contribution in [0.1, 0.15) is 36.7 Å². The molecule has 0 unspecified atom stereocenters. The third kappa shape index (κ3) is 4.14. The van der Waals surface area contributed by atoms with Crippen LogP contribution in [0.5, 0.6) is 0 Å². The second kappa shape index (κ2) is 7.90. The molecule has 0 atom stereocenters. The van der Waals surface area contributed by atoms with Crippen LogP contribution in [0.15, 0.2) is 69.7 Å². The summed E-state index contributed by atoms with van der Waals surface area (Å²) in [6, 6.07) is 16.4. The summed E-state index contributed by atoms with van der Waals surface area (Å²) < 4.78 is 11.1. The predicted octanol–water partition coefficient (Wildman–Crippen LogP) is 6.72. The third-order valence-corrected chi connectivity index (χ3v) is 5.11. The van der Waals surface area contributed by atoms with Crippen LogP contribution >= 0.6 is 23.2 Å². The highest BCUT2D eigenvalue weighted by Crippen LogP contribution is 2.32. The van der Waals surface area contributed by atoms with Crippen LogP contribution in [0.3, 0.4) is 0 Å². The summed E-state index contributed by atoms with van der Waals surface area (Å²) in [5.41, 5.74) is 2.80. The van der Waals surface area contributed by atoms with Crippen LogP contribution in [0, 0.1) is 0 Å². The van der Waals surface area contributed by atoms with Crippen LogP contribution in [0.2, 0.25) is 10.0 Å². The molecule has 29 heavy (non-hydrogen) atoms. The Balaban J connectivity index is 1.61. The van der Waals surface area contributed by atoms with Crippen molar-refractivity contribution in [3.8, 4) is 11.3 Å². The predicted molar refractivity (Wildman–Crippen MR) is 115 cm³/mol. The molecule has 1 aromatic heterocycles. The monoisotopic (exact) mass is 425 g/mol. The normalized spacial score (nSPS) is 15.1. The van der Waals surface area contributed by atoms with Gasteiger partial charge in [0.25, 0.3) is 0 Å². The summed E-state index contributed by atoms with van der Waals surface area (Å²) in [4.78, 5) is 16.5. The van der Waals surface area contributed by atoms with Crippen molar-refractivity contribution in [2.45, 2.75) is 19.8 Å². The molecule has 0 saturated heterocycles. The zero-order valence-electron chi connectivity index (χ0n) is 15.8. The van der Waals surface area contributed by atoms with Gasteiger partial charge in [0.1, 0.15) is 11.5 Å². The molecule has 3 aromatic rings. The average Bonchev–Trinajstić information content (AvgIpc) is 3.31. The molecule has 1 aliphatic rings. The van der Waals surface area contributed by atoms with Crippen LogP contribution in [-0.4, -0.2) is 11.9 Å². The first-order chi connectivity index (χ1) is 13.9. The first-order valence-corrected chi connectivity index (χ1v) is 9.84. The van der Waals surface area contributed by atoms with Gasteiger partial charge < -0.3 is 9.15 Å². The molecular formula is C23H17Cl2NO3. The molecule has 1 aliphatic heterocycles. The van der Waals surface area contributed by atoms with E-state index in [-0.39, 0.29) is 11.6 Å². The van der Waals surface area contributed by atoms with E-state index in [1.807, 2.05) is 24.3 Å². The van der Waals surface area contributed by atoms with E-state index in [1.165, 1.54) is 5.56 Å². The van der Waals surface area contributed by atoms with Gasteiger partial charge in [-0.1, -0.05) is 49.2 Å². The quantitative estimate of drug-likeness (QED) is 0.344. The summed E-state index contributed by atoms with van der Waals surface area (Å²) in [6.07, 6.45) is 1.54. The number of esters is 1. The lowest BCUT2D eigenvalue weighted by Crippen LogP contribution is -2.05. The van der Waals surface area contributed by atoms with Crippen LogP contribution in [0.4, 0.5) is 0 Å². The van der Waals surface area contributed by atoms with Crippen LogP contribution in [-0.2, 0) is 9.53 Å². The highest BCUT2D eigenvalue weighted by Gasteiger charge is 2.24. The molecule has 4 rings (SSSR count). The number of ether oxygens (including phenoxy) is 1. The fourth-order valence-corrected chi connectivity index (χ4v) is 3.32. The van der Waals surface area contributed by atoms with Crippen molar-refractivity contribution < 1.29 is 13.9 Å². The zero-order chi connectivity index (χ0) is 20.5. The average molecular weight is 426 g/mol. The van der Waals surface area contributed by atoms with Crippen molar-refractivity contribution >= 4 is 41.1 Å². The van der Waals surface area contributed by atoms with E-state index in [0.29, 0.717) is 33.0 Å². The van der Waals surface area contributed by atoms with Gasteiger partial charge in [0.15, 0.2) is 5.70 Å². The van der Waals surface area contributed by atoms with Crippen molar-refractivity contribution in [2.24, 2.45) is 4.99 Å². The Morgan fingerprint density at radius 1 is 1.00 bits per heavy atom. The van der Waals surface area contributed by atoms with E-state index in [9.17, 15) is 4.79 Å². The van der Waals surface area contributed by atoms with E-state index in [0.717, 1.165) is 5.56 Å². The maximum absolute atomic E-state index is 12.2. The number of nitrogens with zero attached hydrogens (tertiary/aromatic N) is 1. The van der Waals surface area contributed by atoms with Crippen molar-refractivity contribution in [2.75, 3.05) is 0 Å². The number of hydrogen-bond acceptors (Lipinski definition) is 4. The molecule has 0 bridgehead atoms. The highest BCUT2D eigenvalue weighted by atomic mass is 35.5. The molecule has 0 fully saturated rings. The molecule has 146 valence electrons. The summed E-state index contributed by atoms with van der Waals surface area (Å²) >= 11 is 12.3. The Morgan fingerprint density at radius 2 is 1.76 bits per heavy atom. The zero-order valence-corrected chi connectivity index (χ0v) is 17.3. The first kappa shape index (κ1) is 19.5. The van der Waals surface area contributed by atoms with Gasteiger partial charge in [0.05, 0.1) is 5.02 Å². The van der Waals surface area contributed by atoms with Gasteiger partial charge in [0, 0.05) is 22.2 Å². The minimum atomic E-state index is -0.522. The summed E-state index contributed by atoms with van der Waals surface area (Å²) in [7, 11) is 0. The minimum Gasteiger partial charge on any atom is -0.457 e. The standard InChI is InChI=1S/C23H17Cl2NO3/c1-13(2)14-3-5-15(6-4-14)22-26-20(23(27)29-22)12-17-8-10-21(28-17)18-11-16(24)7-9-19(18)25/h3-13H,1-2H3/b20-12+. The number of halogens is 2. The third-order valence-electron chi connectivity index (χ3n) is 4.54. The van der Waals surface area contributed by atoms with Gasteiger partial charge in [-0.2, -0.15) is 0 Å². The Kier molecular flexibility index (Phi) is 5.31. The Labute approximate surface area is 178 Å². The van der Waals surface area contributed by atoms with E-state index in [2.05, 4.69) is 18.8 Å². The van der Waals surface area contributed by atoms with Crippen molar-refractivity contribution in [1.82, 2.24) is 0 Å². The Hall–Kier alpha value is -2.82. The highest BCUT2D eigenvalue weighted by molar-refractivity contribution is 6.35. The van der Waals surface area contributed by atoms with Crippen LogP contribution in [0.25, 0.3) is 17.4 Å². The molecule has 4 nitrogen and oxygen atoms in total. The number of rotatable bonds is 4. The van der Waals surface area contributed by atoms with Gasteiger partial charge in [-0.05, 0) is 53.9 Å². The lowest BCUT2D eigenvalue weighted by molar-refractivity contribution is -0.129. The maximum Gasteiger partial charge on any atom is 0.363 e. The lowest BCUT2D eigenvalue weighted by Gasteiger charge is -2.05. The summed E-state index contributed by atoms with van der Waals surface area (Å²) in [5, 5.41) is 1.08. The van der Waals surface area contributed by atoms with Crippen molar-refractivity contribution in [1.29, 1.82) is 0 Å². The summed E-state index contributed by atoms with van der Waals surface area (Å²) in [6.45, 7) is 4.24. The second-order valence-electron chi connectivity index (χ2n) is 6.94. The fraction of sp³-hybridized carbons (Fsp3) is 0.130. The van der Waals surface area contributed by atoms with E-state index < -0.39 is 5.97 Å². The van der Waals surface area contributed by atoms with Gasteiger partial charge >= 0.3 is 5.97 Å². The number of carbonyl (C=O) groups is 1. The van der Waals surface area contributed by atoms with Crippen molar-refractivity contribution in [3.05, 3.63) is 87.2 Å². The minimum absolute atomic E-state index is 0.172. The molecular weight excluding hydrogens is 409 g/mol. The van der Waals surface area contributed by atoms with Gasteiger partial charge in [-0.25, -0.2) is 9.79 Å². The number of furan rings is 1. The van der Waals surface area contributed by atoms with Gasteiger partial charge in [-0.15, -0.1) is 0 Å². The summed E-state index contributed by atoms with van der Waals surface area (Å²) in [5.74, 6) is 1.19. The molecule has 0 N–H and O–H groups in total.